The van der Waals surface area contributed by atoms with Crippen molar-refractivity contribution in [3.8, 4) is 5.75 Å². The first-order chi connectivity index (χ1) is 9.52. The van der Waals surface area contributed by atoms with Crippen molar-refractivity contribution in [2.45, 2.75) is 3.79 Å². The summed E-state index contributed by atoms with van der Waals surface area (Å²) in [5.41, 5.74) is 1.17. The number of alkyl halides is 3. The Morgan fingerprint density at radius 1 is 0.950 bits per heavy atom. The number of benzene rings is 2. The van der Waals surface area contributed by atoms with Gasteiger partial charge in [0, 0.05) is 5.39 Å². The number of nitrogens with zero attached hydrogens (tertiary/aromatic N) is 1. The molecule has 0 N–H and O–H groups in total. The molecule has 3 aromatic rings. The fourth-order valence-electron chi connectivity index (χ4n) is 2.35. The molecule has 0 fully saturated rings. The molecule has 0 saturated heterocycles. The highest BCUT2D eigenvalue weighted by molar-refractivity contribution is 6.67. The lowest BCUT2D eigenvalue weighted by molar-refractivity contribution is 0.419. The van der Waals surface area contributed by atoms with E-state index in [9.17, 15) is 0 Å². The summed E-state index contributed by atoms with van der Waals surface area (Å²) in [6.45, 7) is 0. The molecule has 2 aromatic carbocycles. The van der Waals surface area contributed by atoms with Crippen LogP contribution in [0.4, 0.5) is 0 Å². The fourth-order valence-corrected chi connectivity index (χ4v) is 2.76. The van der Waals surface area contributed by atoms with Crippen molar-refractivity contribution in [2.24, 2.45) is 0 Å². The van der Waals surface area contributed by atoms with Crippen molar-refractivity contribution in [1.29, 1.82) is 0 Å². The summed E-state index contributed by atoms with van der Waals surface area (Å²) < 4.78 is 3.78. The maximum atomic E-state index is 6.08. The number of aromatic nitrogens is 1. The van der Waals surface area contributed by atoms with Gasteiger partial charge in [0.05, 0.1) is 18.0 Å². The van der Waals surface area contributed by atoms with E-state index >= 15 is 0 Å². The fraction of sp³-hybridized carbons (Fsp3) is 0.133. The zero-order chi connectivity index (χ0) is 14.3. The number of fused-ring (bicyclic) bond motifs is 3. The van der Waals surface area contributed by atoms with Crippen LogP contribution in [0.2, 0.25) is 0 Å². The lowest BCUT2D eigenvalue weighted by Gasteiger charge is -2.17. The zero-order valence-electron chi connectivity index (χ0n) is 10.5. The predicted octanol–water partition coefficient (Wildman–Crippen LogP) is 5.22. The van der Waals surface area contributed by atoms with Crippen molar-refractivity contribution in [1.82, 2.24) is 4.98 Å². The van der Waals surface area contributed by atoms with E-state index in [-0.39, 0.29) is 0 Å². The molecule has 2 nitrogen and oxygen atoms in total. The standard InChI is InChI=1S/C15H10Cl3NO/c1-20-12-8-4-6-10-9-5-2-3-7-11(9)19-14(13(10)12)15(16,17)18/h2-8H,1H3. The Morgan fingerprint density at radius 2 is 1.65 bits per heavy atom. The van der Waals surface area contributed by atoms with Crippen molar-refractivity contribution < 1.29 is 4.74 Å². The number of hydrogen-bond donors (Lipinski definition) is 0. The topological polar surface area (TPSA) is 22.1 Å². The Labute approximate surface area is 131 Å². The van der Waals surface area contributed by atoms with Crippen LogP contribution in [-0.2, 0) is 3.79 Å². The number of ether oxygens (including phenoxy) is 1. The molecule has 0 aliphatic heterocycles. The number of hydrogen-bond acceptors (Lipinski definition) is 2. The second-order valence-corrected chi connectivity index (χ2v) is 6.64. The molecule has 0 unspecified atom stereocenters. The van der Waals surface area contributed by atoms with Gasteiger partial charge in [-0.2, -0.15) is 0 Å². The highest BCUT2D eigenvalue weighted by Gasteiger charge is 2.29. The van der Waals surface area contributed by atoms with Crippen molar-refractivity contribution in [3.05, 3.63) is 48.2 Å². The van der Waals surface area contributed by atoms with Crippen LogP contribution in [0.5, 0.6) is 5.75 Å². The summed E-state index contributed by atoms with van der Waals surface area (Å²) in [5, 5.41) is 2.68. The number of rotatable bonds is 1. The molecule has 5 heteroatoms. The molecule has 0 aliphatic carbocycles. The highest BCUT2D eigenvalue weighted by atomic mass is 35.6. The van der Waals surface area contributed by atoms with Crippen LogP contribution in [-0.4, -0.2) is 12.1 Å². The Kier molecular flexibility index (Phi) is 3.41. The number of para-hydroxylation sites is 1. The average molecular weight is 327 g/mol. The Balaban J connectivity index is 2.58. The van der Waals surface area contributed by atoms with Gasteiger partial charge in [-0.1, -0.05) is 65.1 Å². The first-order valence-electron chi connectivity index (χ1n) is 5.95. The lowest BCUT2D eigenvalue weighted by atomic mass is 10.0. The summed E-state index contributed by atoms with van der Waals surface area (Å²) in [6.07, 6.45) is 0. The maximum Gasteiger partial charge on any atom is 0.233 e. The SMILES string of the molecule is COc1cccc2c1c(C(Cl)(Cl)Cl)nc1ccccc12. The quantitative estimate of drug-likeness (QED) is 0.451. The Bertz CT molecular complexity index is 796. The van der Waals surface area contributed by atoms with Gasteiger partial charge in [-0.15, -0.1) is 0 Å². The van der Waals surface area contributed by atoms with E-state index < -0.39 is 3.79 Å². The summed E-state index contributed by atoms with van der Waals surface area (Å²) in [5.74, 6) is 0.641. The van der Waals surface area contributed by atoms with Crippen LogP contribution in [0, 0.1) is 0 Å². The number of halogens is 3. The van der Waals surface area contributed by atoms with E-state index in [0.717, 1.165) is 21.7 Å². The molecule has 0 atom stereocenters. The zero-order valence-corrected chi connectivity index (χ0v) is 12.8. The van der Waals surface area contributed by atoms with E-state index in [2.05, 4.69) is 4.98 Å². The van der Waals surface area contributed by atoms with Gasteiger partial charge in [0.25, 0.3) is 0 Å². The largest absolute Gasteiger partial charge is 0.496 e. The van der Waals surface area contributed by atoms with Crippen molar-refractivity contribution in [3.63, 3.8) is 0 Å². The molecule has 1 heterocycles. The van der Waals surface area contributed by atoms with Crippen LogP contribution < -0.4 is 4.74 Å². The third kappa shape index (κ3) is 2.18. The van der Waals surface area contributed by atoms with Crippen molar-refractivity contribution >= 4 is 56.5 Å². The van der Waals surface area contributed by atoms with Gasteiger partial charge in [-0.3, -0.25) is 0 Å². The minimum atomic E-state index is -1.61. The Morgan fingerprint density at radius 3 is 2.35 bits per heavy atom. The van der Waals surface area contributed by atoms with Gasteiger partial charge in [0.15, 0.2) is 0 Å². The normalized spacial score (nSPS) is 12.0. The summed E-state index contributed by atoms with van der Waals surface area (Å²) in [6, 6.07) is 13.5. The number of methoxy groups -OCH3 is 1. The second kappa shape index (κ2) is 4.96. The minimum Gasteiger partial charge on any atom is -0.496 e. The van der Waals surface area contributed by atoms with Crippen LogP contribution in [0.15, 0.2) is 42.5 Å². The van der Waals surface area contributed by atoms with E-state index in [1.165, 1.54) is 0 Å². The summed E-state index contributed by atoms with van der Waals surface area (Å²) in [7, 11) is 1.59. The van der Waals surface area contributed by atoms with E-state index in [0.29, 0.717) is 11.4 Å². The van der Waals surface area contributed by atoms with Crippen LogP contribution in [0.25, 0.3) is 21.7 Å². The van der Waals surface area contributed by atoms with Gasteiger partial charge in [-0.05, 0) is 17.5 Å². The predicted molar refractivity (Wildman–Crippen MR) is 85.0 cm³/mol. The molecule has 0 amide bonds. The third-order valence-electron chi connectivity index (χ3n) is 3.18. The van der Waals surface area contributed by atoms with E-state index in [4.69, 9.17) is 39.5 Å². The Hall–Kier alpha value is -1.22. The van der Waals surface area contributed by atoms with Crippen LogP contribution >= 0.6 is 34.8 Å². The van der Waals surface area contributed by atoms with Gasteiger partial charge < -0.3 is 4.74 Å². The first kappa shape index (κ1) is 13.7. The molecule has 102 valence electrons. The first-order valence-corrected chi connectivity index (χ1v) is 7.08. The smallest absolute Gasteiger partial charge is 0.233 e. The van der Waals surface area contributed by atoms with Crippen LogP contribution in [0.3, 0.4) is 0 Å². The molecule has 0 radical (unpaired) electrons. The molecule has 1 aromatic heterocycles. The summed E-state index contributed by atoms with van der Waals surface area (Å²) in [4.78, 5) is 4.51. The van der Waals surface area contributed by atoms with Crippen molar-refractivity contribution in [2.75, 3.05) is 7.11 Å². The van der Waals surface area contributed by atoms with Crippen LogP contribution in [0.1, 0.15) is 5.69 Å². The highest BCUT2D eigenvalue weighted by Crippen LogP contribution is 2.44. The van der Waals surface area contributed by atoms with E-state index in [1.54, 1.807) is 7.11 Å². The second-order valence-electron chi connectivity index (χ2n) is 4.36. The monoisotopic (exact) mass is 325 g/mol. The van der Waals surface area contributed by atoms with Gasteiger partial charge >= 0.3 is 0 Å². The molecule has 20 heavy (non-hydrogen) atoms. The maximum absolute atomic E-state index is 6.08. The van der Waals surface area contributed by atoms with Gasteiger partial charge in [0.2, 0.25) is 3.79 Å². The minimum absolute atomic E-state index is 0.383. The molecule has 0 spiro atoms. The molecular weight excluding hydrogens is 317 g/mol. The molecular formula is C15H10Cl3NO. The van der Waals surface area contributed by atoms with E-state index in [1.807, 2.05) is 42.5 Å². The summed E-state index contributed by atoms with van der Waals surface area (Å²) >= 11 is 18.2. The lowest BCUT2D eigenvalue weighted by Crippen LogP contribution is -2.06. The molecule has 0 aliphatic rings. The third-order valence-corrected chi connectivity index (χ3v) is 3.71. The van der Waals surface area contributed by atoms with Gasteiger partial charge in [0.1, 0.15) is 11.4 Å². The molecule has 3 rings (SSSR count). The molecule has 0 bridgehead atoms. The van der Waals surface area contributed by atoms with Gasteiger partial charge in [-0.25, -0.2) is 4.98 Å². The number of pyridine rings is 1. The molecule has 0 saturated carbocycles. The average Bonchev–Trinajstić information content (AvgIpc) is 2.44.